The van der Waals surface area contributed by atoms with E-state index < -0.39 is 0 Å². The molecule has 2 aliphatic rings. The number of furan rings is 1. The molecule has 0 spiro atoms. The number of Topliss-reactive ketones (excluding diaryl/α,β-unsaturated/α-hetero) is 2. The van der Waals surface area contributed by atoms with Crippen molar-refractivity contribution in [1.29, 1.82) is 0 Å². The van der Waals surface area contributed by atoms with Crippen molar-refractivity contribution in [3.63, 3.8) is 0 Å². The summed E-state index contributed by atoms with van der Waals surface area (Å²) in [6, 6.07) is 10.2. The second-order valence-corrected chi connectivity index (χ2v) is 10.8. The predicted octanol–water partition coefficient (Wildman–Crippen LogP) is 6.91. The molecule has 1 heterocycles. The first-order chi connectivity index (χ1) is 16.5. The number of hydrogen-bond acceptors (Lipinski definition) is 4. The van der Waals surface area contributed by atoms with E-state index >= 15 is 0 Å². The van der Waals surface area contributed by atoms with Gasteiger partial charge in [-0.3, -0.25) is 9.59 Å². The summed E-state index contributed by atoms with van der Waals surface area (Å²) in [6.45, 7) is 5.11. The molecule has 2 unspecified atom stereocenters. The first-order valence-corrected chi connectivity index (χ1v) is 13.3. The van der Waals surface area contributed by atoms with E-state index in [1.165, 1.54) is 36.8 Å². The van der Waals surface area contributed by atoms with Crippen LogP contribution in [0.2, 0.25) is 0 Å². The first kappa shape index (κ1) is 24.8. The summed E-state index contributed by atoms with van der Waals surface area (Å²) in [7, 11) is 0. The summed E-state index contributed by atoms with van der Waals surface area (Å²) >= 11 is 0. The third kappa shape index (κ3) is 6.84. The van der Waals surface area contributed by atoms with Crippen LogP contribution in [-0.2, 0) is 22.4 Å². The van der Waals surface area contributed by atoms with Crippen LogP contribution in [0.3, 0.4) is 0 Å². The Labute approximate surface area is 204 Å². The van der Waals surface area contributed by atoms with Crippen molar-refractivity contribution in [2.45, 2.75) is 84.5 Å². The van der Waals surface area contributed by atoms with Crippen LogP contribution in [-0.4, -0.2) is 18.2 Å². The molecular formula is C30H40O4. The van der Waals surface area contributed by atoms with E-state index in [-0.39, 0.29) is 29.8 Å². The molecule has 2 saturated carbocycles. The summed E-state index contributed by atoms with van der Waals surface area (Å²) in [5.74, 6) is 3.05. The lowest BCUT2D eigenvalue weighted by atomic mass is 9.82. The molecule has 0 radical (unpaired) electrons. The van der Waals surface area contributed by atoms with Crippen molar-refractivity contribution in [3.8, 4) is 5.75 Å². The van der Waals surface area contributed by atoms with E-state index in [4.69, 9.17) is 9.15 Å². The average molecular weight is 465 g/mol. The Morgan fingerprint density at radius 3 is 2.41 bits per heavy atom. The highest BCUT2D eigenvalue weighted by atomic mass is 16.5. The zero-order chi connectivity index (χ0) is 23.9. The maximum atomic E-state index is 13.0. The van der Waals surface area contributed by atoms with Gasteiger partial charge in [-0.05, 0) is 50.0 Å². The Kier molecular flexibility index (Phi) is 8.64. The number of ether oxygens (including phenoxy) is 1. The van der Waals surface area contributed by atoms with E-state index in [2.05, 4.69) is 38.1 Å². The summed E-state index contributed by atoms with van der Waals surface area (Å²) < 4.78 is 11.5. The molecule has 4 nitrogen and oxygen atoms in total. The smallest absolute Gasteiger partial charge is 0.157 e. The normalized spacial score (nSPS) is 24.8. The van der Waals surface area contributed by atoms with Crippen LogP contribution in [0.15, 0.2) is 41.0 Å². The SMILES string of the molecule is Cc1ccc(CCC(=O)C2CCCC2C(=O)Cc2cc(OCCC3CCC(C)CC3)co2)cc1. The van der Waals surface area contributed by atoms with Crippen molar-refractivity contribution < 1.29 is 18.7 Å². The fourth-order valence-corrected chi connectivity index (χ4v) is 5.73. The van der Waals surface area contributed by atoms with Gasteiger partial charge in [0.05, 0.1) is 13.0 Å². The van der Waals surface area contributed by atoms with Gasteiger partial charge < -0.3 is 9.15 Å². The van der Waals surface area contributed by atoms with Crippen molar-refractivity contribution in [2.75, 3.05) is 6.61 Å². The molecule has 0 N–H and O–H groups in total. The molecule has 0 saturated heterocycles. The van der Waals surface area contributed by atoms with Gasteiger partial charge in [0.15, 0.2) is 5.75 Å². The fourth-order valence-electron chi connectivity index (χ4n) is 5.73. The quantitative estimate of drug-likeness (QED) is 0.362. The first-order valence-electron chi connectivity index (χ1n) is 13.3. The average Bonchev–Trinajstić information content (AvgIpc) is 3.50. The Hall–Kier alpha value is -2.36. The minimum atomic E-state index is -0.173. The van der Waals surface area contributed by atoms with Gasteiger partial charge in [0.25, 0.3) is 0 Å². The van der Waals surface area contributed by atoms with Gasteiger partial charge in [-0.1, -0.05) is 68.9 Å². The Balaban J connectivity index is 1.22. The molecule has 2 aliphatic carbocycles. The number of aryl methyl sites for hydroxylation is 2. The second-order valence-electron chi connectivity index (χ2n) is 10.8. The van der Waals surface area contributed by atoms with Gasteiger partial charge in [-0.2, -0.15) is 0 Å². The van der Waals surface area contributed by atoms with Crippen LogP contribution >= 0.6 is 0 Å². The molecule has 34 heavy (non-hydrogen) atoms. The molecule has 0 amide bonds. The van der Waals surface area contributed by atoms with E-state index in [9.17, 15) is 9.59 Å². The highest BCUT2D eigenvalue weighted by molar-refractivity contribution is 5.91. The topological polar surface area (TPSA) is 56.5 Å². The number of benzene rings is 1. The van der Waals surface area contributed by atoms with Crippen molar-refractivity contribution in [1.82, 2.24) is 0 Å². The van der Waals surface area contributed by atoms with E-state index in [1.807, 2.05) is 6.07 Å². The third-order valence-electron chi connectivity index (χ3n) is 8.03. The van der Waals surface area contributed by atoms with Crippen molar-refractivity contribution >= 4 is 11.6 Å². The van der Waals surface area contributed by atoms with Crippen LogP contribution in [0.5, 0.6) is 5.75 Å². The molecule has 2 fully saturated rings. The van der Waals surface area contributed by atoms with Gasteiger partial charge in [0.1, 0.15) is 23.6 Å². The van der Waals surface area contributed by atoms with E-state index in [1.54, 1.807) is 6.26 Å². The Morgan fingerprint density at radius 1 is 0.971 bits per heavy atom. The molecule has 2 aromatic rings. The number of hydrogen-bond donors (Lipinski definition) is 0. The lowest BCUT2D eigenvalue weighted by Crippen LogP contribution is -2.27. The van der Waals surface area contributed by atoms with Gasteiger partial charge >= 0.3 is 0 Å². The third-order valence-corrected chi connectivity index (χ3v) is 8.03. The molecule has 184 valence electrons. The lowest BCUT2D eigenvalue weighted by molar-refractivity contribution is -0.131. The molecule has 1 aromatic heterocycles. The van der Waals surface area contributed by atoms with Gasteiger partial charge in [0.2, 0.25) is 0 Å². The number of carbonyl (C=O) groups excluding carboxylic acids is 2. The lowest BCUT2D eigenvalue weighted by Gasteiger charge is -2.25. The van der Waals surface area contributed by atoms with Crippen LogP contribution in [0.25, 0.3) is 0 Å². The largest absolute Gasteiger partial charge is 0.490 e. The van der Waals surface area contributed by atoms with Crippen LogP contribution in [0.4, 0.5) is 0 Å². The molecule has 1 aromatic carbocycles. The van der Waals surface area contributed by atoms with Gasteiger partial charge in [0, 0.05) is 24.3 Å². The number of rotatable bonds is 11. The monoisotopic (exact) mass is 464 g/mol. The van der Waals surface area contributed by atoms with Crippen LogP contribution in [0.1, 0.15) is 81.6 Å². The minimum absolute atomic E-state index is 0.128. The Bertz CT molecular complexity index is 933. The molecular weight excluding hydrogens is 424 g/mol. The summed E-state index contributed by atoms with van der Waals surface area (Å²) in [4.78, 5) is 26.0. The summed E-state index contributed by atoms with van der Waals surface area (Å²) in [5, 5.41) is 0. The van der Waals surface area contributed by atoms with Crippen LogP contribution < -0.4 is 4.74 Å². The van der Waals surface area contributed by atoms with Crippen LogP contribution in [0, 0.1) is 30.6 Å². The van der Waals surface area contributed by atoms with Crippen molar-refractivity contribution in [3.05, 3.63) is 53.5 Å². The Morgan fingerprint density at radius 2 is 1.68 bits per heavy atom. The van der Waals surface area contributed by atoms with E-state index in [0.717, 1.165) is 43.9 Å². The molecule has 0 bridgehead atoms. The molecule has 2 atom stereocenters. The molecule has 4 heteroatoms. The van der Waals surface area contributed by atoms with Gasteiger partial charge in [-0.25, -0.2) is 0 Å². The van der Waals surface area contributed by atoms with Crippen molar-refractivity contribution in [2.24, 2.45) is 23.7 Å². The highest BCUT2D eigenvalue weighted by Gasteiger charge is 2.37. The zero-order valence-electron chi connectivity index (χ0n) is 20.9. The predicted molar refractivity (Wildman–Crippen MR) is 134 cm³/mol. The maximum absolute atomic E-state index is 13.0. The second kappa shape index (κ2) is 11.9. The highest BCUT2D eigenvalue weighted by Crippen LogP contribution is 2.35. The summed E-state index contributed by atoms with van der Waals surface area (Å²) in [5.41, 5.74) is 2.41. The van der Waals surface area contributed by atoms with E-state index in [0.29, 0.717) is 24.5 Å². The number of ketones is 2. The van der Waals surface area contributed by atoms with Gasteiger partial charge in [-0.15, -0.1) is 0 Å². The maximum Gasteiger partial charge on any atom is 0.157 e. The molecule has 4 rings (SSSR count). The molecule has 0 aliphatic heterocycles. The zero-order valence-corrected chi connectivity index (χ0v) is 20.9. The standard InChI is InChI=1S/C30H40O4/c1-21-6-10-23(11-7-21)14-15-29(31)27-4-3-5-28(27)30(32)19-25-18-26(20-34-25)33-17-16-24-12-8-22(2)9-13-24/h6-7,10-11,18,20,22,24,27-28H,3-5,8-9,12-17,19H2,1-2H3. The minimum Gasteiger partial charge on any atom is -0.490 e. The fraction of sp³-hybridized carbons (Fsp3) is 0.600. The summed E-state index contributed by atoms with van der Waals surface area (Å²) in [6.07, 6.45) is 12.1. The number of carbonyl (C=O) groups is 2.